The normalized spacial score (nSPS) is 27.4. The van der Waals surface area contributed by atoms with Gasteiger partial charge in [-0.1, -0.05) is 103 Å². The molecule has 3 aromatic carbocycles. The Hall–Kier alpha value is -2.59. The van der Waals surface area contributed by atoms with Gasteiger partial charge < -0.3 is 10.00 Å². The number of rotatable bonds is 6. The maximum Gasteiger partial charge on any atom is 0.137 e. The molecule has 1 aliphatic heterocycles. The fourth-order valence-corrected chi connectivity index (χ4v) is 8.57. The van der Waals surface area contributed by atoms with Gasteiger partial charge in [-0.2, -0.15) is 9.34 Å². The molecule has 1 saturated heterocycles. The van der Waals surface area contributed by atoms with Gasteiger partial charge in [0.2, 0.25) is 0 Å². The molecule has 5 heteroatoms. The molecule has 3 aromatic rings. The van der Waals surface area contributed by atoms with Gasteiger partial charge in [0.1, 0.15) is 13.1 Å². The second-order valence-corrected chi connectivity index (χ2v) is 12.1. The first kappa shape index (κ1) is 23.2. The Morgan fingerprint density at radius 2 is 1.50 bits per heavy atom. The van der Waals surface area contributed by atoms with E-state index >= 15 is 0 Å². The van der Waals surface area contributed by atoms with Gasteiger partial charge in [-0.15, -0.1) is 0 Å². The molecule has 5 rings (SSSR count). The summed E-state index contributed by atoms with van der Waals surface area (Å²) in [4.78, 5) is 15.0. The molecular weight excluding hydrogens is 439 g/mol. The van der Waals surface area contributed by atoms with Crippen molar-refractivity contribution in [3.05, 3.63) is 131 Å². The molecule has 5 atom stereocenters. The number of fused-ring (bicyclic) bond motifs is 1. The number of aliphatic hydroxyl groups is 1. The van der Waals surface area contributed by atoms with Crippen molar-refractivity contribution in [3.63, 3.8) is 0 Å². The molecule has 0 amide bonds. The molecule has 2 unspecified atom stereocenters. The highest BCUT2D eigenvalue weighted by Gasteiger charge is 2.58. The summed E-state index contributed by atoms with van der Waals surface area (Å²) in [6, 6.07) is 30.2. The maximum absolute atomic E-state index is 15.0. The second kappa shape index (κ2) is 9.58. The highest BCUT2D eigenvalue weighted by Crippen LogP contribution is 2.75. The Bertz CT molecular complexity index is 1170. The number of hydrogen-bond donors (Lipinski definition) is 1. The Balaban J connectivity index is 1.55. The third kappa shape index (κ3) is 4.07. The van der Waals surface area contributed by atoms with Crippen molar-refractivity contribution in [2.45, 2.75) is 18.7 Å². The lowest BCUT2D eigenvalue weighted by Crippen LogP contribution is -2.36. The zero-order valence-electron chi connectivity index (χ0n) is 19.6. The van der Waals surface area contributed by atoms with E-state index in [1.54, 1.807) is 0 Å². The first-order valence-electron chi connectivity index (χ1n) is 11.8. The molecule has 1 aliphatic carbocycles. The lowest BCUT2D eigenvalue weighted by molar-refractivity contribution is -0.190. The smallest absolute Gasteiger partial charge is 0.137 e. The van der Waals surface area contributed by atoms with E-state index in [1.165, 1.54) is 0 Å². The first-order valence-corrected chi connectivity index (χ1v) is 13.4. The predicted molar refractivity (Wildman–Crippen MR) is 137 cm³/mol. The van der Waals surface area contributed by atoms with Crippen molar-refractivity contribution < 1.29 is 10.00 Å². The predicted octanol–water partition coefficient (Wildman–Crippen LogP) is 5.35. The van der Waals surface area contributed by atoms with Crippen molar-refractivity contribution in [1.29, 1.82) is 0 Å². The van der Waals surface area contributed by atoms with Gasteiger partial charge in [0, 0.05) is 20.0 Å². The van der Waals surface area contributed by atoms with E-state index in [-0.39, 0.29) is 17.9 Å². The van der Waals surface area contributed by atoms with Gasteiger partial charge in [-0.25, -0.2) is 0 Å². The lowest BCUT2D eigenvalue weighted by Gasteiger charge is -2.41. The van der Waals surface area contributed by atoms with Gasteiger partial charge in [0.05, 0.1) is 24.6 Å². The molecule has 0 saturated carbocycles. The molecule has 1 heterocycles. The van der Waals surface area contributed by atoms with Crippen LogP contribution in [0.25, 0.3) is 0 Å². The summed E-state index contributed by atoms with van der Waals surface area (Å²) in [6.07, 6.45) is 5.64. The zero-order valence-corrected chi connectivity index (χ0v) is 20.5. The Kier molecular flexibility index (Phi) is 6.52. The number of nitrogens with zero attached hydrogens (tertiary/aromatic N) is 2. The highest BCUT2D eigenvalue weighted by atomic mass is 31.2. The minimum Gasteiger partial charge on any atom is -0.647 e. The van der Waals surface area contributed by atoms with E-state index in [2.05, 4.69) is 47.2 Å². The summed E-state index contributed by atoms with van der Waals surface area (Å²) < 4.78 is 4.08. The van der Waals surface area contributed by atoms with Crippen molar-refractivity contribution in [3.8, 4) is 0 Å². The minimum absolute atomic E-state index is 0.00400. The standard InChI is InChI=1S/C29H31N2O2P/c1-30(21-22-12-6-3-7-13-22)34(33)27-20-25(29(32)24-16-10-5-11-17-24)18-19-26(27)28(31(34)2)23-14-8-4-9-15-23/h3-20,25-26,28-29,32H,21H2,1-2H3/t25-,26-,28+,29?,34?/m1/s1. The molecule has 0 bridgehead atoms. The van der Waals surface area contributed by atoms with Crippen LogP contribution in [-0.4, -0.2) is 28.5 Å². The Morgan fingerprint density at radius 1 is 0.912 bits per heavy atom. The van der Waals surface area contributed by atoms with Crippen molar-refractivity contribution in [2.75, 3.05) is 14.1 Å². The van der Waals surface area contributed by atoms with Crippen LogP contribution in [0.1, 0.15) is 28.8 Å². The van der Waals surface area contributed by atoms with E-state index in [0.717, 1.165) is 22.0 Å². The molecule has 1 N–H and O–H groups in total. The Morgan fingerprint density at radius 3 is 2.15 bits per heavy atom. The molecule has 0 aromatic heterocycles. The SMILES string of the molecule is CN(Cc1ccccc1)[P+]1([O-])C2=C[C@H](C(O)c3ccccc3)C=C[C@H]2[C@H](c2ccccc2)N1C. The number of aliphatic hydroxyl groups excluding tert-OH is 1. The van der Waals surface area contributed by atoms with Crippen LogP contribution in [0.2, 0.25) is 0 Å². The lowest BCUT2D eigenvalue weighted by atomic mass is 9.84. The van der Waals surface area contributed by atoms with Crippen molar-refractivity contribution in [1.82, 2.24) is 9.34 Å². The maximum atomic E-state index is 15.0. The van der Waals surface area contributed by atoms with Gasteiger partial charge >= 0.3 is 0 Å². The summed E-state index contributed by atoms with van der Waals surface area (Å²) in [7, 11) is 0.863. The average Bonchev–Trinajstić information content (AvgIpc) is 3.12. The Labute approximate surface area is 203 Å². The molecular formula is C29H31N2O2P. The third-order valence-corrected chi connectivity index (χ3v) is 10.4. The molecule has 4 nitrogen and oxygen atoms in total. The monoisotopic (exact) mass is 470 g/mol. The molecule has 174 valence electrons. The third-order valence-electron chi connectivity index (χ3n) is 7.12. The van der Waals surface area contributed by atoms with E-state index in [9.17, 15) is 10.00 Å². The van der Waals surface area contributed by atoms with Crippen LogP contribution in [0.15, 0.2) is 115 Å². The zero-order chi connectivity index (χ0) is 23.7. The van der Waals surface area contributed by atoms with Gasteiger partial charge in [0.25, 0.3) is 0 Å². The second-order valence-electron chi connectivity index (χ2n) is 9.21. The van der Waals surface area contributed by atoms with Gasteiger partial charge in [-0.3, -0.25) is 0 Å². The van der Waals surface area contributed by atoms with Crippen LogP contribution in [0.4, 0.5) is 0 Å². The molecule has 2 aliphatic rings. The number of benzene rings is 3. The molecule has 1 fully saturated rings. The molecule has 0 radical (unpaired) electrons. The van der Waals surface area contributed by atoms with Crippen LogP contribution in [0.5, 0.6) is 0 Å². The van der Waals surface area contributed by atoms with Crippen LogP contribution in [0, 0.1) is 11.8 Å². The van der Waals surface area contributed by atoms with Gasteiger partial charge in [-0.05, 0) is 22.8 Å². The largest absolute Gasteiger partial charge is 0.647 e. The highest BCUT2D eigenvalue weighted by molar-refractivity contribution is 7.68. The van der Waals surface area contributed by atoms with E-state index in [4.69, 9.17) is 0 Å². The fraction of sp³-hybridized carbons (Fsp3) is 0.241. The average molecular weight is 471 g/mol. The first-order chi connectivity index (χ1) is 16.5. The number of hydrogen-bond acceptors (Lipinski definition) is 4. The molecule has 0 spiro atoms. The van der Waals surface area contributed by atoms with Crippen molar-refractivity contribution >= 4 is 7.79 Å². The minimum atomic E-state index is -3.07. The molecule has 34 heavy (non-hydrogen) atoms. The van der Waals surface area contributed by atoms with Gasteiger partial charge in [0.15, 0.2) is 0 Å². The topological polar surface area (TPSA) is 49.8 Å². The quantitative estimate of drug-likeness (QED) is 0.390. The van der Waals surface area contributed by atoms with Crippen LogP contribution < -0.4 is 4.89 Å². The van der Waals surface area contributed by atoms with E-state index in [0.29, 0.717) is 6.54 Å². The van der Waals surface area contributed by atoms with E-state index < -0.39 is 13.9 Å². The van der Waals surface area contributed by atoms with E-state index in [1.807, 2.05) is 85.5 Å². The summed E-state index contributed by atoms with van der Waals surface area (Å²) in [6.45, 7) is 0.587. The van der Waals surface area contributed by atoms with Crippen LogP contribution >= 0.6 is 7.79 Å². The fourth-order valence-electron chi connectivity index (χ4n) is 5.38. The summed E-state index contributed by atoms with van der Waals surface area (Å²) >= 11 is 0. The summed E-state index contributed by atoms with van der Waals surface area (Å²) in [5.74, 6) is -0.231. The van der Waals surface area contributed by atoms with Crippen LogP contribution in [0.3, 0.4) is 0 Å². The van der Waals surface area contributed by atoms with Crippen LogP contribution in [-0.2, 0) is 6.54 Å². The summed E-state index contributed by atoms with van der Waals surface area (Å²) in [5.41, 5.74) is 3.14. The summed E-state index contributed by atoms with van der Waals surface area (Å²) in [5, 5.41) is 12.1. The van der Waals surface area contributed by atoms with Crippen molar-refractivity contribution in [2.24, 2.45) is 11.8 Å².